The van der Waals surface area contributed by atoms with E-state index in [1.807, 2.05) is 36.4 Å². The van der Waals surface area contributed by atoms with Crippen molar-refractivity contribution in [1.29, 1.82) is 5.26 Å². The van der Waals surface area contributed by atoms with Gasteiger partial charge in [0, 0.05) is 24.2 Å². The van der Waals surface area contributed by atoms with Crippen LogP contribution < -0.4 is 11.1 Å². The Balaban J connectivity index is 1.48. The van der Waals surface area contributed by atoms with Crippen LogP contribution in [0.4, 0.5) is 4.79 Å². The van der Waals surface area contributed by atoms with Gasteiger partial charge in [0.05, 0.1) is 0 Å². The Morgan fingerprint density at radius 2 is 1.83 bits per heavy atom. The molecule has 36 heavy (non-hydrogen) atoms. The van der Waals surface area contributed by atoms with Gasteiger partial charge in [0.2, 0.25) is 11.8 Å². The normalized spacial score (nSPS) is 23.3. The van der Waals surface area contributed by atoms with E-state index in [0.717, 1.165) is 29.5 Å². The molecule has 2 fully saturated rings. The van der Waals surface area contributed by atoms with Gasteiger partial charge in [-0.15, -0.1) is 0 Å². The van der Waals surface area contributed by atoms with Crippen molar-refractivity contribution in [2.45, 2.75) is 69.6 Å². The van der Waals surface area contributed by atoms with Crippen LogP contribution in [0.1, 0.15) is 63.6 Å². The highest BCUT2D eigenvalue weighted by Crippen LogP contribution is 2.51. The number of rotatable bonds is 5. The number of carbonyl (C=O) groups is 3. The molecule has 188 valence electrons. The number of amides is 3. The zero-order valence-electron chi connectivity index (χ0n) is 20.8. The first-order valence-corrected chi connectivity index (χ1v) is 12.1. The molecule has 9 nitrogen and oxygen atoms in total. The van der Waals surface area contributed by atoms with E-state index in [4.69, 9.17) is 15.7 Å². The predicted molar refractivity (Wildman–Crippen MR) is 132 cm³/mol. The number of ether oxygens (including phenoxy) is 1. The molecule has 1 saturated carbocycles. The van der Waals surface area contributed by atoms with Crippen molar-refractivity contribution in [3.63, 3.8) is 0 Å². The average Bonchev–Trinajstić information content (AvgIpc) is 3.58. The number of pyridine rings is 1. The van der Waals surface area contributed by atoms with Gasteiger partial charge in [-0.25, -0.2) is 9.78 Å². The number of likely N-dealkylation sites (tertiary alicyclic amines) is 1. The summed E-state index contributed by atoms with van der Waals surface area (Å²) in [5.41, 5.74) is 6.92. The van der Waals surface area contributed by atoms with Gasteiger partial charge in [-0.05, 0) is 69.7 Å². The molecule has 9 heteroatoms. The summed E-state index contributed by atoms with van der Waals surface area (Å²) < 4.78 is 5.50. The number of nitriles is 1. The summed E-state index contributed by atoms with van der Waals surface area (Å²) in [4.78, 5) is 44.1. The van der Waals surface area contributed by atoms with Crippen LogP contribution in [0.5, 0.6) is 0 Å². The van der Waals surface area contributed by atoms with E-state index in [-0.39, 0.29) is 11.8 Å². The Morgan fingerprint density at radius 1 is 1.14 bits per heavy atom. The molecule has 0 radical (unpaired) electrons. The molecule has 1 aromatic heterocycles. The van der Waals surface area contributed by atoms with E-state index in [2.05, 4.69) is 10.3 Å². The minimum Gasteiger partial charge on any atom is -0.444 e. The van der Waals surface area contributed by atoms with Crippen LogP contribution in [0, 0.1) is 11.3 Å². The third-order valence-corrected chi connectivity index (χ3v) is 6.70. The second-order valence-electron chi connectivity index (χ2n) is 10.4. The second-order valence-corrected chi connectivity index (χ2v) is 10.4. The number of primary amides is 1. The van der Waals surface area contributed by atoms with E-state index in [1.54, 1.807) is 33.0 Å². The minimum absolute atomic E-state index is 0.259. The fraction of sp³-hybridized carbons (Fsp3) is 0.444. The van der Waals surface area contributed by atoms with Crippen LogP contribution in [0.3, 0.4) is 0 Å². The summed E-state index contributed by atoms with van der Waals surface area (Å²) in [5.74, 6) is -1.24. The number of benzene rings is 1. The monoisotopic (exact) mass is 489 g/mol. The van der Waals surface area contributed by atoms with Crippen LogP contribution in [-0.4, -0.2) is 51.5 Å². The van der Waals surface area contributed by atoms with Gasteiger partial charge in [-0.1, -0.05) is 24.3 Å². The Labute approximate surface area is 210 Å². The maximum Gasteiger partial charge on any atom is 0.410 e. The van der Waals surface area contributed by atoms with Gasteiger partial charge in [0.15, 0.2) is 0 Å². The van der Waals surface area contributed by atoms with Gasteiger partial charge in [-0.3, -0.25) is 14.5 Å². The lowest BCUT2D eigenvalue weighted by Crippen LogP contribution is -2.57. The van der Waals surface area contributed by atoms with Crippen LogP contribution in [0.2, 0.25) is 0 Å². The van der Waals surface area contributed by atoms with Gasteiger partial charge >= 0.3 is 6.09 Å². The molecule has 0 bridgehead atoms. The van der Waals surface area contributed by atoms with Gasteiger partial charge < -0.3 is 15.8 Å². The van der Waals surface area contributed by atoms with E-state index in [9.17, 15) is 14.4 Å². The molecule has 2 heterocycles. The molecule has 2 aliphatic rings. The zero-order chi connectivity index (χ0) is 26.1. The third-order valence-electron chi connectivity index (χ3n) is 6.70. The zero-order valence-corrected chi connectivity index (χ0v) is 20.8. The lowest BCUT2D eigenvalue weighted by atomic mass is 9.99. The first-order chi connectivity index (χ1) is 17.0. The van der Waals surface area contributed by atoms with Crippen LogP contribution >= 0.6 is 0 Å². The predicted octanol–water partition coefficient (Wildman–Crippen LogP) is 3.24. The Hall–Kier alpha value is -3.93. The molecule has 3 N–H and O–H groups in total. The highest BCUT2D eigenvalue weighted by molar-refractivity contribution is 5.97. The lowest BCUT2D eigenvalue weighted by molar-refractivity contribution is -0.132. The number of aromatic nitrogens is 1. The Bertz CT molecular complexity index is 1200. The van der Waals surface area contributed by atoms with Crippen molar-refractivity contribution in [3.8, 4) is 17.2 Å². The SMILES string of the molecule is CC(C)(C)OC(=O)N1CCCC[C@H]1C(=O)NC1(C(N)=O)C[C@H]1c1ccc(-c2ccc(C#N)nc2)cc1. The number of hydrogen-bond acceptors (Lipinski definition) is 6. The standard InChI is InChI=1S/C27H31N5O4/c1-26(2,3)36-25(35)32-13-5-4-6-22(32)23(33)31-27(24(29)34)14-21(27)18-9-7-17(8-10-18)19-11-12-20(15-28)30-16-19/h7-12,16,21-22H,4-6,13-14H2,1-3H3,(H2,29,34)(H,31,33)/t21-,22-,27?/m0/s1. The third kappa shape index (κ3) is 5.18. The highest BCUT2D eigenvalue weighted by atomic mass is 16.6. The van der Waals surface area contributed by atoms with E-state index < -0.39 is 29.2 Å². The summed E-state index contributed by atoms with van der Waals surface area (Å²) in [5, 5.41) is 11.8. The highest BCUT2D eigenvalue weighted by Gasteiger charge is 2.61. The van der Waals surface area contributed by atoms with Gasteiger partial charge in [-0.2, -0.15) is 5.26 Å². The summed E-state index contributed by atoms with van der Waals surface area (Å²) in [6.07, 6.45) is 3.59. The number of nitrogens with one attached hydrogen (secondary N) is 1. The van der Waals surface area contributed by atoms with Gasteiger partial charge in [0.25, 0.3) is 0 Å². The van der Waals surface area contributed by atoms with E-state index in [0.29, 0.717) is 25.1 Å². The molecule has 1 aliphatic heterocycles. The molecule has 0 spiro atoms. The summed E-state index contributed by atoms with van der Waals surface area (Å²) >= 11 is 0. The molecule has 3 atom stereocenters. The van der Waals surface area contributed by atoms with Crippen molar-refractivity contribution in [3.05, 3.63) is 53.9 Å². The number of piperidine rings is 1. The molecular weight excluding hydrogens is 458 g/mol. The minimum atomic E-state index is -1.19. The largest absolute Gasteiger partial charge is 0.444 e. The van der Waals surface area contributed by atoms with Crippen molar-refractivity contribution in [1.82, 2.24) is 15.2 Å². The maximum atomic E-state index is 13.3. The molecular formula is C27H31N5O4. The van der Waals surface area contributed by atoms with Crippen molar-refractivity contribution >= 4 is 17.9 Å². The number of carbonyl (C=O) groups excluding carboxylic acids is 3. The molecule has 4 rings (SSSR count). The maximum absolute atomic E-state index is 13.3. The van der Waals surface area contributed by atoms with E-state index in [1.165, 1.54) is 4.90 Å². The molecule has 1 aromatic carbocycles. The van der Waals surface area contributed by atoms with Crippen molar-refractivity contribution in [2.24, 2.45) is 5.73 Å². The van der Waals surface area contributed by atoms with Gasteiger partial charge in [0.1, 0.15) is 28.9 Å². The Morgan fingerprint density at radius 3 is 2.42 bits per heavy atom. The quantitative estimate of drug-likeness (QED) is 0.661. The number of nitrogens with two attached hydrogens (primary N) is 1. The molecule has 1 aliphatic carbocycles. The fourth-order valence-corrected chi connectivity index (χ4v) is 4.72. The summed E-state index contributed by atoms with van der Waals surface area (Å²) in [6.45, 7) is 5.77. The smallest absolute Gasteiger partial charge is 0.410 e. The summed E-state index contributed by atoms with van der Waals surface area (Å²) in [7, 11) is 0. The summed E-state index contributed by atoms with van der Waals surface area (Å²) in [6, 6.07) is 12.4. The molecule has 1 unspecified atom stereocenters. The van der Waals surface area contributed by atoms with Crippen molar-refractivity contribution in [2.75, 3.05) is 6.54 Å². The number of hydrogen-bond donors (Lipinski definition) is 2. The number of nitrogens with zero attached hydrogens (tertiary/aromatic N) is 3. The molecule has 1 saturated heterocycles. The topological polar surface area (TPSA) is 138 Å². The molecule has 2 aromatic rings. The van der Waals surface area contributed by atoms with Crippen LogP contribution in [-0.2, 0) is 14.3 Å². The fourth-order valence-electron chi connectivity index (χ4n) is 4.72. The van der Waals surface area contributed by atoms with Crippen LogP contribution in [0.25, 0.3) is 11.1 Å². The molecule has 3 amide bonds. The van der Waals surface area contributed by atoms with Crippen LogP contribution in [0.15, 0.2) is 42.6 Å². The first-order valence-electron chi connectivity index (χ1n) is 12.1. The second kappa shape index (κ2) is 9.61. The van der Waals surface area contributed by atoms with Crippen molar-refractivity contribution < 1.29 is 19.1 Å². The van der Waals surface area contributed by atoms with E-state index >= 15 is 0 Å². The lowest BCUT2D eigenvalue weighted by Gasteiger charge is -2.36. The first kappa shape index (κ1) is 25.2. The Kier molecular flexibility index (Phi) is 6.72. The average molecular weight is 490 g/mol.